The summed E-state index contributed by atoms with van der Waals surface area (Å²) in [6.07, 6.45) is 0. The summed E-state index contributed by atoms with van der Waals surface area (Å²) >= 11 is 1.53. The van der Waals surface area contributed by atoms with Gasteiger partial charge < -0.3 is 5.32 Å². The number of hydrogen-bond donors (Lipinski definition) is 1. The lowest BCUT2D eigenvalue weighted by Crippen LogP contribution is -2.22. The van der Waals surface area contributed by atoms with Crippen molar-refractivity contribution in [2.75, 3.05) is 6.54 Å². The number of nitrogens with one attached hydrogen (secondary N) is 1. The molecular weight excluding hydrogens is 240 g/mol. The third kappa shape index (κ3) is 2.70. The van der Waals surface area contributed by atoms with Gasteiger partial charge in [-0.1, -0.05) is 13.0 Å². The van der Waals surface area contributed by atoms with E-state index in [1.807, 2.05) is 24.4 Å². The lowest BCUT2D eigenvalue weighted by Gasteiger charge is -2.17. The third-order valence-electron chi connectivity index (χ3n) is 2.50. The number of halogens is 2. The monoisotopic (exact) mass is 253 g/mol. The Morgan fingerprint density at radius 2 is 2.12 bits per heavy atom. The Morgan fingerprint density at radius 3 is 2.76 bits per heavy atom. The van der Waals surface area contributed by atoms with Crippen molar-refractivity contribution in [1.29, 1.82) is 0 Å². The first-order valence-electron chi connectivity index (χ1n) is 5.44. The molecule has 1 nitrogen and oxygen atoms in total. The van der Waals surface area contributed by atoms with Gasteiger partial charge in [0.2, 0.25) is 0 Å². The van der Waals surface area contributed by atoms with Gasteiger partial charge in [0.15, 0.2) is 0 Å². The van der Waals surface area contributed by atoms with Crippen LogP contribution in [0.5, 0.6) is 0 Å². The maximum Gasteiger partial charge on any atom is 0.128 e. The number of rotatable bonds is 4. The van der Waals surface area contributed by atoms with Gasteiger partial charge in [0.05, 0.1) is 6.04 Å². The Hall–Kier alpha value is -1.26. The Bertz CT molecular complexity index is 482. The molecule has 1 heterocycles. The first-order chi connectivity index (χ1) is 8.22. The second-order valence-corrected chi connectivity index (χ2v) is 4.65. The molecule has 1 atom stereocenters. The molecule has 0 fully saturated rings. The van der Waals surface area contributed by atoms with Gasteiger partial charge in [-0.25, -0.2) is 8.78 Å². The highest BCUT2D eigenvalue weighted by Crippen LogP contribution is 2.28. The predicted molar refractivity (Wildman–Crippen MR) is 66.2 cm³/mol. The van der Waals surface area contributed by atoms with E-state index in [0.717, 1.165) is 10.9 Å². The van der Waals surface area contributed by atoms with Crippen LogP contribution in [0.2, 0.25) is 0 Å². The molecule has 1 aromatic carbocycles. The molecular formula is C13H13F2NS. The zero-order chi connectivity index (χ0) is 12.3. The lowest BCUT2D eigenvalue weighted by molar-refractivity contribution is 0.548. The normalized spacial score (nSPS) is 12.6. The van der Waals surface area contributed by atoms with Crippen LogP contribution in [0.15, 0.2) is 35.7 Å². The van der Waals surface area contributed by atoms with E-state index in [1.54, 1.807) is 0 Å². The summed E-state index contributed by atoms with van der Waals surface area (Å²) in [5, 5.41) is 5.10. The maximum absolute atomic E-state index is 13.7. The van der Waals surface area contributed by atoms with Crippen molar-refractivity contribution in [3.05, 3.63) is 57.8 Å². The van der Waals surface area contributed by atoms with E-state index < -0.39 is 5.82 Å². The molecule has 0 bridgehead atoms. The van der Waals surface area contributed by atoms with Crippen LogP contribution >= 0.6 is 11.3 Å². The molecule has 0 saturated carbocycles. The highest BCUT2D eigenvalue weighted by Gasteiger charge is 2.18. The number of benzene rings is 1. The topological polar surface area (TPSA) is 12.0 Å². The van der Waals surface area contributed by atoms with E-state index in [9.17, 15) is 8.78 Å². The van der Waals surface area contributed by atoms with Crippen molar-refractivity contribution in [3.8, 4) is 0 Å². The van der Waals surface area contributed by atoms with Crippen molar-refractivity contribution < 1.29 is 8.78 Å². The van der Waals surface area contributed by atoms with Crippen molar-refractivity contribution in [3.63, 3.8) is 0 Å². The summed E-state index contributed by atoms with van der Waals surface area (Å²) in [5.74, 6) is -0.799. The fourth-order valence-corrected chi connectivity index (χ4v) is 2.58. The summed E-state index contributed by atoms with van der Waals surface area (Å²) in [4.78, 5) is 0.983. The first-order valence-corrected chi connectivity index (χ1v) is 6.32. The Labute approximate surface area is 103 Å². The summed E-state index contributed by atoms with van der Waals surface area (Å²) in [5.41, 5.74) is 0.356. The SMILES string of the molecule is CCNC(c1cccs1)c1cc(F)ccc1F. The van der Waals surface area contributed by atoms with E-state index in [4.69, 9.17) is 0 Å². The molecule has 2 rings (SSSR count). The van der Waals surface area contributed by atoms with Crippen LogP contribution in [-0.2, 0) is 0 Å². The Kier molecular flexibility index (Phi) is 3.86. The summed E-state index contributed by atoms with van der Waals surface area (Å²) in [6.45, 7) is 2.64. The van der Waals surface area contributed by atoms with Crippen molar-refractivity contribution >= 4 is 11.3 Å². The molecule has 0 saturated heterocycles. The molecule has 90 valence electrons. The molecule has 0 aliphatic carbocycles. The van der Waals surface area contributed by atoms with Crippen molar-refractivity contribution in [1.82, 2.24) is 5.32 Å². The van der Waals surface area contributed by atoms with Crippen molar-refractivity contribution in [2.45, 2.75) is 13.0 Å². The van der Waals surface area contributed by atoms with Crippen LogP contribution in [0.3, 0.4) is 0 Å². The quantitative estimate of drug-likeness (QED) is 0.875. The van der Waals surface area contributed by atoms with Gasteiger partial charge >= 0.3 is 0 Å². The van der Waals surface area contributed by atoms with Crippen LogP contribution in [-0.4, -0.2) is 6.54 Å². The molecule has 1 aromatic heterocycles. The fourth-order valence-electron chi connectivity index (χ4n) is 1.76. The number of hydrogen-bond acceptors (Lipinski definition) is 2. The van der Waals surface area contributed by atoms with E-state index in [0.29, 0.717) is 12.1 Å². The van der Waals surface area contributed by atoms with Gasteiger partial charge in [0, 0.05) is 10.4 Å². The smallest absolute Gasteiger partial charge is 0.128 e. The van der Waals surface area contributed by atoms with Gasteiger partial charge in [-0.15, -0.1) is 11.3 Å². The van der Waals surface area contributed by atoms with Crippen LogP contribution in [0.25, 0.3) is 0 Å². The largest absolute Gasteiger partial charge is 0.306 e. The van der Waals surface area contributed by atoms with Gasteiger partial charge in [0.25, 0.3) is 0 Å². The zero-order valence-electron chi connectivity index (χ0n) is 9.41. The average molecular weight is 253 g/mol. The molecule has 1 N–H and O–H groups in total. The molecule has 1 unspecified atom stereocenters. The van der Waals surface area contributed by atoms with Gasteiger partial charge in [-0.05, 0) is 36.2 Å². The highest BCUT2D eigenvalue weighted by molar-refractivity contribution is 7.10. The molecule has 4 heteroatoms. The minimum absolute atomic E-state index is 0.282. The zero-order valence-corrected chi connectivity index (χ0v) is 10.2. The molecule has 17 heavy (non-hydrogen) atoms. The van der Waals surface area contributed by atoms with E-state index in [2.05, 4.69) is 5.32 Å². The van der Waals surface area contributed by atoms with Crippen LogP contribution in [0, 0.1) is 11.6 Å². The fraction of sp³-hybridized carbons (Fsp3) is 0.231. The predicted octanol–water partition coefficient (Wildman–Crippen LogP) is 3.73. The van der Waals surface area contributed by atoms with Crippen molar-refractivity contribution in [2.24, 2.45) is 0 Å². The van der Waals surface area contributed by atoms with Gasteiger partial charge in [-0.3, -0.25) is 0 Å². The first kappa shape index (κ1) is 12.2. The van der Waals surface area contributed by atoms with E-state index >= 15 is 0 Å². The summed E-state index contributed by atoms with van der Waals surface area (Å²) in [7, 11) is 0. The summed E-state index contributed by atoms with van der Waals surface area (Å²) in [6, 6.07) is 7.10. The highest BCUT2D eigenvalue weighted by atomic mass is 32.1. The Balaban J connectivity index is 2.42. The average Bonchev–Trinajstić information content (AvgIpc) is 2.83. The molecule has 2 aromatic rings. The Morgan fingerprint density at radius 1 is 1.29 bits per heavy atom. The molecule has 0 amide bonds. The third-order valence-corrected chi connectivity index (χ3v) is 3.44. The lowest BCUT2D eigenvalue weighted by atomic mass is 10.0. The van der Waals surface area contributed by atoms with Crippen LogP contribution < -0.4 is 5.32 Å². The van der Waals surface area contributed by atoms with Crippen LogP contribution in [0.1, 0.15) is 23.4 Å². The summed E-state index contributed by atoms with van der Waals surface area (Å²) < 4.78 is 26.9. The second-order valence-electron chi connectivity index (χ2n) is 3.67. The molecule has 0 radical (unpaired) electrons. The van der Waals surface area contributed by atoms with Crippen LogP contribution in [0.4, 0.5) is 8.78 Å². The standard InChI is InChI=1S/C13H13F2NS/c1-2-16-13(12-4-3-7-17-12)10-8-9(14)5-6-11(10)15/h3-8,13,16H,2H2,1H3. The molecule has 0 spiro atoms. The second kappa shape index (κ2) is 5.38. The van der Waals surface area contributed by atoms with Gasteiger partial charge in [-0.2, -0.15) is 0 Å². The van der Waals surface area contributed by atoms with E-state index in [1.165, 1.54) is 23.5 Å². The number of thiophene rings is 1. The minimum Gasteiger partial charge on any atom is -0.306 e. The molecule has 0 aliphatic rings. The van der Waals surface area contributed by atoms with Gasteiger partial charge in [0.1, 0.15) is 11.6 Å². The minimum atomic E-state index is -0.416. The molecule has 0 aliphatic heterocycles. The van der Waals surface area contributed by atoms with E-state index in [-0.39, 0.29) is 11.9 Å². The maximum atomic E-state index is 13.7.